The van der Waals surface area contributed by atoms with Gasteiger partial charge in [0.05, 0.1) is 17.6 Å². The molecule has 0 spiro atoms. The van der Waals surface area contributed by atoms with E-state index >= 15 is 0 Å². The summed E-state index contributed by atoms with van der Waals surface area (Å²) in [6.07, 6.45) is 0. The number of ether oxygens (including phenoxy) is 1. The first-order chi connectivity index (χ1) is 13.3. The van der Waals surface area contributed by atoms with Crippen LogP contribution in [0.25, 0.3) is 0 Å². The second-order valence-electron chi connectivity index (χ2n) is 6.53. The van der Waals surface area contributed by atoms with Gasteiger partial charge in [-0.3, -0.25) is 4.79 Å². The van der Waals surface area contributed by atoms with Gasteiger partial charge < -0.3 is 15.0 Å². The maximum atomic E-state index is 13.0. The lowest BCUT2D eigenvalue weighted by molar-refractivity contribution is 0.102. The maximum Gasteiger partial charge on any atom is 0.259 e. The van der Waals surface area contributed by atoms with Crippen molar-refractivity contribution in [2.45, 2.75) is 4.90 Å². The number of nitrogens with zero attached hydrogens (tertiary/aromatic N) is 2. The molecule has 1 aliphatic rings. The van der Waals surface area contributed by atoms with Crippen LogP contribution in [-0.2, 0) is 10.0 Å². The molecule has 150 valence electrons. The molecule has 2 aromatic rings. The van der Waals surface area contributed by atoms with Crippen LogP contribution in [0.15, 0.2) is 51.8 Å². The fourth-order valence-corrected chi connectivity index (χ4v) is 4.65. The van der Waals surface area contributed by atoms with Gasteiger partial charge in [-0.15, -0.1) is 0 Å². The number of benzene rings is 2. The van der Waals surface area contributed by atoms with Gasteiger partial charge in [0.2, 0.25) is 10.0 Å². The smallest absolute Gasteiger partial charge is 0.259 e. The molecule has 0 unspecified atom stereocenters. The molecule has 1 saturated heterocycles. The van der Waals surface area contributed by atoms with Crippen molar-refractivity contribution in [3.8, 4) is 5.75 Å². The van der Waals surface area contributed by atoms with Crippen LogP contribution < -0.4 is 10.1 Å². The van der Waals surface area contributed by atoms with Crippen LogP contribution in [-0.4, -0.2) is 63.9 Å². The third-order valence-electron chi connectivity index (χ3n) is 4.62. The van der Waals surface area contributed by atoms with E-state index in [1.54, 1.807) is 24.3 Å². The number of likely N-dealkylation sites (N-methyl/N-ethyl adjacent to an activating group) is 1. The number of carbonyl (C=O) groups is 1. The van der Waals surface area contributed by atoms with Gasteiger partial charge in [-0.05, 0) is 49.5 Å². The van der Waals surface area contributed by atoms with Gasteiger partial charge in [-0.2, -0.15) is 4.31 Å². The second-order valence-corrected chi connectivity index (χ2v) is 9.38. The quantitative estimate of drug-likeness (QED) is 0.730. The highest BCUT2D eigenvalue weighted by Crippen LogP contribution is 2.26. The van der Waals surface area contributed by atoms with E-state index in [4.69, 9.17) is 4.74 Å². The first-order valence-corrected chi connectivity index (χ1v) is 11.0. The number of sulfonamides is 1. The zero-order valence-corrected chi connectivity index (χ0v) is 18.1. The molecule has 1 amide bonds. The maximum absolute atomic E-state index is 13.0. The Hall–Kier alpha value is -1.94. The summed E-state index contributed by atoms with van der Waals surface area (Å²) >= 11 is 3.35. The van der Waals surface area contributed by atoms with E-state index in [1.807, 2.05) is 7.05 Å². The van der Waals surface area contributed by atoms with E-state index in [2.05, 4.69) is 26.1 Å². The van der Waals surface area contributed by atoms with Crippen molar-refractivity contribution >= 4 is 37.5 Å². The molecule has 0 bridgehead atoms. The van der Waals surface area contributed by atoms with Gasteiger partial charge in [0.1, 0.15) is 5.75 Å². The Morgan fingerprint density at radius 1 is 1.07 bits per heavy atom. The number of amides is 1. The normalized spacial score (nSPS) is 16.0. The summed E-state index contributed by atoms with van der Waals surface area (Å²) in [7, 11) is -0.275. The number of nitrogens with one attached hydrogen (secondary N) is 1. The van der Waals surface area contributed by atoms with Gasteiger partial charge in [0, 0.05) is 36.3 Å². The van der Waals surface area contributed by atoms with E-state index < -0.39 is 15.9 Å². The predicted octanol–water partition coefficient (Wildman–Crippen LogP) is 2.65. The summed E-state index contributed by atoms with van der Waals surface area (Å²) in [4.78, 5) is 14.9. The van der Waals surface area contributed by atoms with Crippen molar-refractivity contribution in [2.75, 3.05) is 45.7 Å². The Kier molecular flexibility index (Phi) is 6.39. The number of anilines is 1. The van der Waals surface area contributed by atoms with Crippen molar-refractivity contribution < 1.29 is 17.9 Å². The van der Waals surface area contributed by atoms with Crippen LogP contribution >= 0.6 is 15.9 Å². The van der Waals surface area contributed by atoms with Gasteiger partial charge in [0.15, 0.2) is 0 Å². The molecule has 9 heteroatoms. The Morgan fingerprint density at radius 3 is 2.32 bits per heavy atom. The Balaban J connectivity index is 1.89. The number of hydrogen-bond donors (Lipinski definition) is 1. The topological polar surface area (TPSA) is 79.0 Å². The molecule has 0 aromatic heterocycles. The van der Waals surface area contributed by atoms with Crippen LogP contribution in [0.4, 0.5) is 5.69 Å². The van der Waals surface area contributed by atoms with Crippen LogP contribution in [0.1, 0.15) is 10.4 Å². The first-order valence-electron chi connectivity index (χ1n) is 8.75. The molecule has 0 saturated carbocycles. The number of rotatable bonds is 5. The minimum Gasteiger partial charge on any atom is -0.496 e. The zero-order valence-electron chi connectivity index (χ0n) is 15.7. The molecule has 1 heterocycles. The minimum atomic E-state index is -3.68. The molecule has 2 aromatic carbocycles. The average Bonchev–Trinajstić information content (AvgIpc) is 2.69. The first kappa shape index (κ1) is 20.8. The number of piperazine rings is 1. The molecular formula is C19H22BrN3O4S. The standard InChI is InChI=1S/C19H22BrN3O4S/c1-22-9-11-23(12-10-22)28(25,26)16-7-8-18(27-2)17(13-16)19(24)21-15-5-3-14(20)4-6-15/h3-8,13H,9-12H2,1-2H3,(H,21,24). The Labute approximate surface area is 173 Å². The van der Waals surface area contributed by atoms with Crippen LogP contribution in [0.2, 0.25) is 0 Å². The summed E-state index contributed by atoms with van der Waals surface area (Å²) in [6.45, 7) is 2.19. The lowest BCUT2D eigenvalue weighted by Gasteiger charge is -2.31. The molecule has 1 N–H and O–H groups in total. The fraction of sp³-hybridized carbons (Fsp3) is 0.316. The highest BCUT2D eigenvalue weighted by atomic mass is 79.9. The monoisotopic (exact) mass is 467 g/mol. The van der Waals surface area contributed by atoms with Gasteiger partial charge in [0.25, 0.3) is 5.91 Å². The highest BCUT2D eigenvalue weighted by molar-refractivity contribution is 9.10. The van der Waals surface area contributed by atoms with E-state index in [9.17, 15) is 13.2 Å². The molecular weight excluding hydrogens is 446 g/mol. The van der Waals surface area contributed by atoms with E-state index in [1.165, 1.54) is 29.6 Å². The second kappa shape index (κ2) is 8.60. The molecule has 7 nitrogen and oxygen atoms in total. The van der Waals surface area contributed by atoms with Gasteiger partial charge in [-0.25, -0.2) is 8.42 Å². The Morgan fingerprint density at radius 2 is 1.71 bits per heavy atom. The summed E-state index contributed by atoms with van der Waals surface area (Å²) in [5.74, 6) is -0.124. The fourth-order valence-electron chi connectivity index (χ4n) is 2.93. The molecule has 1 aliphatic heterocycles. The average molecular weight is 468 g/mol. The van der Waals surface area contributed by atoms with Crippen LogP contribution in [0.5, 0.6) is 5.75 Å². The zero-order chi connectivity index (χ0) is 20.3. The molecule has 0 atom stereocenters. The predicted molar refractivity (Wildman–Crippen MR) is 111 cm³/mol. The Bertz CT molecular complexity index is 956. The SMILES string of the molecule is COc1ccc(S(=O)(=O)N2CCN(C)CC2)cc1C(=O)Nc1ccc(Br)cc1. The van der Waals surface area contributed by atoms with Crippen molar-refractivity contribution in [1.82, 2.24) is 9.21 Å². The van der Waals surface area contributed by atoms with E-state index in [0.29, 0.717) is 37.6 Å². The third-order valence-corrected chi connectivity index (χ3v) is 7.04. The summed E-state index contributed by atoms with van der Waals surface area (Å²) in [5.41, 5.74) is 0.767. The summed E-state index contributed by atoms with van der Waals surface area (Å²) in [5, 5.41) is 2.77. The van der Waals surface area contributed by atoms with Gasteiger partial charge >= 0.3 is 0 Å². The van der Waals surface area contributed by atoms with Gasteiger partial charge in [-0.1, -0.05) is 15.9 Å². The molecule has 1 fully saturated rings. The van der Waals surface area contributed by atoms with Crippen molar-refractivity contribution in [2.24, 2.45) is 0 Å². The molecule has 28 heavy (non-hydrogen) atoms. The summed E-state index contributed by atoms with van der Waals surface area (Å²) in [6, 6.07) is 11.5. The number of halogens is 1. The summed E-state index contributed by atoms with van der Waals surface area (Å²) < 4.78 is 33.6. The number of carbonyl (C=O) groups excluding carboxylic acids is 1. The molecule has 0 aliphatic carbocycles. The molecule has 3 rings (SSSR count). The number of hydrogen-bond acceptors (Lipinski definition) is 5. The highest BCUT2D eigenvalue weighted by Gasteiger charge is 2.29. The van der Waals surface area contributed by atoms with Crippen LogP contribution in [0.3, 0.4) is 0 Å². The van der Waals surface area contributed by atoms with Crippen LogP contribution in [0, 0.1) is 0 Å². The third kappa shape index (κ3) is 4.54. The lowest BCUT2D eigenvalue weighted by atomic mass is 10.2. The number of methoxy groups -OCH3 is 1. The van der Waals surface area contributed by atoms with Crippen molar-refractivity contribution in [3.63, 3.8) is 0 Å². The lowest BCUT2D eigenvalue weighted by Crippen LogP contribution is -2.47. The molecule has 0 radical (unpaired) electrons. The van der Waals surface area contributed by atoms with Crippen molar-refractivity contribution in [1.29, 1.82) is 0 Å². The largest absolute Gasteiger partial charge is 0.496 e. The minimum absolute atomic E-state index is 0.0822. The van der Waals surface area contributed by atoms with E-state index in [0.717, 1.165) is 4.47 Å². The van der Waals surface area contributed by atoms with E-state index in [-0.39, 0.29) is 10.5 Å². The van der Waals surface area contributed by atoms with Crippen molar-refractivity contribution in [3.05, 3.63) is 52.5 Å².